The van der Waals surface area contributed by atoms with E-state index in [1.165, 1.54) is 17.0 Å². The number of carboxylic acids is 1. The molecular weight excluding hydrogens is 577 g/mol. The lowest BCUT2D eigenvalue weighted by atomic mass is 9.72. The number of piperazine rings is 1. The van der Waals surface area contributed by atoms with Crippen LogP contribution in [0.5, 0.6) is 17.2 Å². The minimum Gasteiger partial charge on any atom is -0.534 e. The summed E-state index contributed by atoms with van der Waals surface area (Å²) in [5.74, 6) is -6.88. The molecule has 15 nitrogen and oxygen atoms in total. The van der Waals surface area contributed by atoms with Crippen molar-refractivity contribution in [1.29, 1.82) is 0 Å². The Balaban J connectivity index is 1.58. The number of rotatable bonds is 8. The van der Waals surface area contributed by atoms with Crippen LogP contribution in [0.1, 0.15) is 33.9 Å². The van der Waals surface area contributed by atoms with Gasteiger partial charge in [-0.05, 0) is 37.1 Å². The Morgan fingerprint density at radius 3 is 2.57 bits per heavy atom. The number of imide groups is 1. The van der Waals surface area contributed by atoms with E-state index in [0.29, 0.717) is 23.4 Å². The molecule has 42 heavy (non-hydrogen) atoms. The van der Waals surface area contributed by atoms with E-state index in [1.807, 2.05) is 0 Å². The van der Waals surface area contributed by atoms with Gasteiger partial charge in [0, 0.05) is 25.2 Å². The van der Waals surface area contributed by atoms with Crippen LogP contribution in [0.15, 0.2) is 30.3 Å². The Morgan fingerprint density at radius 2 is 1.88 bits per heavy atom. The molecule has 1 fully saturated rings. The topological polar surface area (TPSA) is 232 Å². The maximum Gasteiger partial charge on any atom is 0.547 e. The second kappa shape index (κ2) is 12.5. The number of hydrogen-bond acceptors (Lipinski definition) is 10. The number of aromatic carboxylic acids is 1. The van der Waals surface area contributed by atoms with E-state index in [1.54, 1.807) is 6.07 Å². The highest BCUT2D eigenvalue weighted by Crippen LogP contribution is 2.38. The number of para-hydroxylation sites is 1. The number of phenolic OH excluding ortho intramolecular Hbond substituents is 2. The Bertz CT molecular complexity index is 1440. The number of nitrogens with one attached hydrogen (secondary N) is 2. The highest BCUT2D eigenvalue weighted by molar-refractivity contribution is 6.47. The summed E-state index contributed by atoms with van der Waals surface area (Å²) in [7, 11) is -1.69. The van der Waals surface area contributed by atoms with Gasteiger partial charge in [-0.15, -0.1) is 0 Å². The van der Waals surface area contributed by atoms with E-state index in [9.17, 15) is 44.3 Å². The number of phenols is 2. The number of nitrogens with zero attached hydrogens (tertiary/aromatic N) is 2. The number of carbonyl (C=O) groups is 5. The van der Waals surface area contributed by atoms with Crippen molar-refractivity contribution in [2.75, 3.05) is 26.2 Å². The number of carboxylic acid groups (broad SMARTS) is 1. The number of hydrogen-bond donors (Lipinski definition) is 7. The van der Waals surface area contributed by atoms with Crippen LogP contribution < -0.4 is 21.0 Å². The monoisotopic (exact) mass is 603 g/mol. The van der Waals surface area contributed by atoms with Crippen LogP contribution in [0.3, 0.4) is 0 Å². The zero-order valence-electron chi connectivity index (χ0n) is 21.9. The van der Waals surface area contributed by atoms with Crippen LogP contribution in [0.25, 0.3) is 0 Å². The van der Waals surface area contributed by atoms with Crippen molar-refractivity contribution in [3.63, 3.8) is 0 Å². The number of benzene rings is 2. The first-order valence-corrected chi connectivity index (χ1v) is 13.1. The Hall–Kier alpha value is -4.54. The van der Waals surface area contributed by atoms with Gasteiger partial charge in [-0.2, -0.15) is 0 Å². The van der Waals surface area contributed by atoms with Crippen molar-refractivity contribution in [3.8, 4) is 17.2 Å². The van der Waals surface area contributed by atoms with Gasteiger partial charge in [0.15, 0.2) is 11.5 Å². The standard InChI is InChI=1S/C25H27BClN5O10/c27-17-13(5-6-15(33)19(17)34)18(30-25(40)32-10-9-31(8-2-7-28)22(36)23(32)37)21(35)29-16-11-12-3-1-4-14(24(38)39)20(12)42-26(16)41/h1,3-6,16,18,33-34,41H,2,7-11,28H2,(H,29,35)(H,30,40)(H,38,39)/t16-,18?/m0/s1. The smallest absolute Gasteiger partial charge is 0.534 e. The van der Waals surface area contributed by atoms with Gasteiger partial charge in [0.25, 0.3) is 0 Å². The quantitative estimate of drug-likeness (QED) is 0.114. The molecule has 2 aromatic carbocycles. The third-order valence-corrected chi connectivity index (χ3v) is 7.23. The molecule has 8 N–H and O–H groups in total. The van der Waals surface area contributed by atoms with E-state index in [4.69, 9.17) is 22.0 Å². The predicted octanol–water partition coefficient (Wildman–Crippen LogP) is -0.641. The number of fused-ring (bicyclic) bond motifs is 1. The van der Waals surface area contributed by atoms with Crippen LogP contribution >= 0.6 is 11.6 Å². The molecule has 0 aromatic heterocycles. The van der Waals surface area contributed by atoms with Crippen molar-refractivity contribution < 1.29 is 49.0 Å². The fourth-order valence-corrected chi connectivity index (χ4v) is 4.89. The lowest BCUT2D eigenvalue weighted by Gasteiger charge is -2.34. The van der Waals surface area contributed by atoms with E-state index in [0.717, 1.165) is 12.1 Å². The summed E-state index contributed by atoms with van der Waals surface area (Å²) < 4.78 is 5.39. The first-order chi connectivity index (χ1) is 19.9. The lowest BCUT2D eigenvalue weighted by Crippen LogP contribution is -2.60. The first kappa shape index (κ1) is 30.4. The molecule has 2 aliphatic heterocycles. The molecule has 5 amide bonds. The van der Waals surface area contributed by atoms with E-state index in [-0.39, 0.29) is 42.9 Å². The third kappa shape index (κ3) is 6.05. The molecule has 0 saturated carbocycles. The van der Waals surface area contributed by atoms with Gasteiger partial charge < -0.3 is 46.3 Å². The summed E-state index contributed by atoms with van der Waals surface area (Å²) in [6, 6.07) is 3.68. The van der Waals surface area contributed by atoms with Gasteiger partial charge in [0.05, 0.1) is 16.5 Å². The van der Waals surface area contributed by atoms with Crippen molar-refractivity contribution in [2.24, 2.45) is 5.73 Å². The number of halogens is 1. The fourth-order valence-electron chi connectivity index (χ4n) is 4.62. The molecule has 17 heteroatoms. The molecule has 222 valence electrons. The minimum atomic E-state index is -1.70. The average molecular weight is 604 g/mol. The van der Waals surface area contributed by atoms with Gasteiger partial charge >= 0.3 is 30.9 Å². The molecule has 2 aliphatic rings. The van der Waals surface area contributed by atoms with Crippen LogP contribution in [-0.2, 0) is 20.8 Å². The molecule has 0 aliphatic carbocycles. The predicted molar refractivity (Wildman–Crippen MR) is 146 cm³/mol. The second-order valence-electron chi connectivity index (χ2n) is 9.54. The zero-order chi connectivity index (χ0) is 30.7. The molecule has 0 spiro atoms. The van der Waals surface area contributed by atoms with Gasteiger partial charge in [-0.25, -0.2) is 9.59 Å². The highest BCUT2D eigenvalue weighted by atomic mass is 35.5. The molecule has 2 atom stereocenters. The van der Waals surface area contributed by atoms with Gasteiger partial charge in [-0.3, -0.25) is 19.3 Å². The van der Waals surface area contributed by atoms with Crippen molar-refractivity contribution in [1.82, 2.24) is 20.4 Å². The third-order valence-electron chi connectivity index (χ3n) is 6.83. The van der Waals surface area contributed by atoms with Crippen molar-refractivity contribution in [2.45, 2.75) is 24.8 Å². The van der Waals surface area contributed by atoms with Crippen LogP contribution in [0.2, 0.25) is 5.02 Å². The maximum absolute atomic E-state index is 13.5. The molecule has 2 aromatic rings. The van der Waals surface area contributed by atoms with E-state index < -0.39 is 65.3 Å². The number of amides is 5. The summed E-state index contributed by atoms with van der Waals surface area (Å²) in [6.45, 7) is 0.389. The van der Waals surface area contributed by atoms with Crippen molar-refractivity contribution in [3.05, 3.63) is 52.0 Å². The summed E-state index contributed by atoms with van der Waals surface area (Å²) in [4.78, 5) is 65.4. The molecule has 1 saturated heterocycles. The molecule has 2 heterocycles. The highest BCUT2D eigenvalue weighted by Gasteiger charge is 2.41. The minimum absolute atomic E-state index is 0.0406. The molecular formula is C25H27BClN5O10. The van der Waals surface area contributed by atoms with Gasteiger partial charge in [-0.1, -0.05) is 29.8 Å². The molecule has 4 rings (SSSR count). The normalized spacial score (nSPS) is 17.3. The number of urea groups is 1. The van der Waals surface area contributed by atoms with Gasteiger partial charge in [0.1, 0.15) is 11.8 Å². The Labute approximate surface area is 243 Å². The zero-order valence-corrected chi connectivity index (χ0v) is 22.7. The fraction of sp³-hybridized carbons (Fsp3) is 0.320. The van der Waals surface area contributed by atoms with Crippen LogP contribution in [0, 0.1) is 0 Å². The Kier molecular flexibility index (Phi) is 9.09. The summed E-state index contributed by atoms with van der Waals surface area (Å²) in [5.41, 5.74) is 5.47. The van der Waals surface area contributed by atoms with E-state index in [2.05, 4.69) is 10.6 Å². The summed E-state index contributed by atoms with van der Waals surface area (Å²) in [6.07, 6.45) is 0.394. The van der Waals surface area contributed by atoms with Crippen LogP contribution in [-0.4, -0.2) is 99.1 Å². The van der Waals surface area contributed by atoms with Crippen LogP contribution in [0.4, 0.5) is 4.79 Å². The largest absolute Gasteiger partial charge is 0.547 e. The first-order valence-electron chi connectivity index (χ1n) is 12.8. The van der Waals surface area contributed by atoms with Crippen molar-refractivity contribution >= 4 is 48.4 Å². The number of aromatic hydroxyl groups is 2. The Morgan fingerprint density at radius 1 is 1.14 bits per heavy atom. The summed E-state index contributed by atoms with van der Waals surface area (Å²) in [5, 5.41) is 44.3. The SMILES string of the molecule is NCCCN1CCN(C(=O)NC(C(=O)N[C@H]2Cc3cccc(C(=O)O)c3OB2O)c2ccc(O)c(O)c2Cl)C(=O)C1=O. The maximum atomic E-state index is 13.5. The molecule has 0 radical (unpaired) electrons. The second-order valence-corrected chi connectivity index (χ2v) is 9.91. The summed E-state index contributed by atoms with van der Waals surface area (Å²) >= 11 is 6.19. The average Bonchev–Trinajstić information content (AvgIpc) is 2.95. The molecule has 0 bridgehead atoms. The lowest BCUT2D eigenvalue weighted by molar-refractivity contribution is -0.153. The molecule has 1 unspecified atom stereocenters. The number of nitrogens with two attached hydrogens (primary N) is 1. The van der Waals surface area contributed by atoms with Gasteiger partial charge in [0.2, 0.25) is 5.91 Å². The van der Waals surface area contributed by atoms with E-state index >= 15 is 0 Å². The number of carbonyl (C=O) groups excluding carboxylic acids is 4.